The summed E-state index contributed by atoms with van der Waals surface area (Å²) in [6.45, 7) is 1.70. The summed E-state index contributed by atoms with van der Waals surface area (Å²) in [6, 6.07) is 6.84. The van der Waals surface area contributed by atoms with Crippen LogP contribution in [0.2, 0.25) is 0 Å². The molecule has 8 heteroatoms. The molecule has 0 aliphatic heterocycles. The quantitative estimate of drug-likeness (QED) is 0.439. The van der Waals surface area contributed by atoms with Crippen LogP contribution >= 0.6 is 0 Å². The standard InChI is InChI=1S/C11H12N6O.ClH/c1-7-14-10(12)16-11(15-7)17-13-6-8-4-2-3-5-9(8)18;/h2-6,18H,1H3,(H3,12,14,15,16,17);1H/p-1/b13-6+;. The van der Waals surface area contributed by atoms with Gasteiger partial charge in [0.05, 0.1) is 6.21 Å². The number of hydrogen-bond acceptors (Lipinski definition) is 7. The van der Waals surface area contributed by atoms with Crippen LogP contribution < -0.4 is 23.6 Å². The summed E-state index contributed by atoms with van der Waals surface area (Å²) in [6.07, 6.45) is 1.46. The number of benzene rings is 1. The van der Waals surface area contributed by atoms with Crippen LogP contribution in [-0.4, -0.2) is 26.3 Å². The smallest absolute Gasteiger partial charge is 0.248 e. The molecular weight excluding hydrogens is 268 g/mol. The van der Waals surface area contributed by atoms with Gasteiger partial charge in [-0.2, -0.15) is 20.1 Å². The van der Waals surface area contributed by atoms with Gasteiger partial charge in [0.25, 0.3) is 0 Å². The molecule has 1 heterocycles. The van der Waals surface area contributed by atoms with Crippen molar-refractivity contribution in [3.8, 4) is 5.75 Å². The SMILES string of the molecule is Cc1nc(N)nc(N/N=C/c2ccccc2O)n1.[Cl-]. The number of nitrogens with zero attached hydrogens (tertiary/aromatic N) is 4. The molecule has 0 spiro atoms. The summed E-state index contributed by atoms with van der Waals surface area (Å²) in [5.41, 5.74) is 8.68. The summed E-state index contributed by atoms with van der Waals surface area (Å²) in [7, 11) is 0. The predicted octanol–water partition coefficient (Wildman–Crippen LogP) is -2.08. The van der Waals surface area contributed by atoms with E-state index in [1.165, 1.54) is 6.21 Å². The summed E-state index contributed by atoms with van der Waals surface area (Å²) >= 11 is 0. The molecule has 7 nitrogen and oxygen atoms in total. The Kier molecular flexibility index (Phi) is 5.01. The van der Waals surface area contributed by atoms with Crippen LogP contribution in [-0.2, 0) is 0 Å². The highest BCUT2D eigenvalue weighted by Crippen LogP contribution is 2.12. The number of hydrogen-bond donors (Lipinski definition) is 3. The molecule has 0 aliphatic carbocycles. The van der Waals surface area contributed by atoms with Crippen LogP contribution in [0.5, 0.6) is 5.75 Å². The van der Waals surface area contributed by atoms with E-state index in [0.29, 0.717) is 11.4 Å². The minimum Gasteiger partial charge on any atom is -1.00 e. The van der Waals surface area contributed by atoms with Gasteiger partial charge in [0.1, 0.15) is 11.6 Å². The van der Waals surface area contributed by atoms with Gasteiger partial charge in [-0.1, -0.05) is 12.1 Å². The number of para-hydroxylation sites is 1. The van der Waals surface area contributed by atoms with Crippen molar-refractivity contribution in [2.45, 2.75) is 6.92 Å². The topological polar surface area (TPSA) is 109 Å². The van der Waals surface area contributed by atoms with Crippen LogP contribution in [0, 0.1) is 6.92 Å². The minimum atomic E-state index is 0. The van der Waals surface area contributed by atoms with Gasteiger partial charge in [0.2, 0.25) is 11.9 Å². The first-order valence-electron chi connectivity index (χ1n) is 5.20. The van der Waals surface area contributed by atoms with Gasteiger partial charge in [-0.25, -0.2) is 5.43 Å². The predicted molar refractivity (Wildman–Crippen MR) is 68.3 cm³/mol. The van der Waals surface area contributed by atoms with Crippen LogP contribution in [0.4, 0.5) is 11.9 Å². The van der Waals surface area contributed by atoms with Crippen LogP contribution in [0.25, 0.3) is 0 Å². The van der Waals surface area contributed by atoms with Crippen molar-refractivity contribution in [3.63, 3.8) is 0 Å². The van der Waals surface area contributed by atoms with Crippen molar-refractivity contribution < 1.29 is 17.5 Å². The van der Waals surface area contributed by atoms with Gasteiger partial charge in [-0.3, -0.25) is 0 Å². The Morgan fingerprint density at radius 1 is 1.26 bits per heavy atom. The second-order valence-corrected chi connectivity index (χ2v) is 3.49. The third-order valence-electron chi connectivity index (χ3n) is 2.07. The zero-order valence-corrected chi connectivity index (χ0v) is 10.8. The number of halogens is 1. The molecule has 0 radical (unpaired) electrons. The number of phenolic OH excluding ortho intramolecular Hbond substituents is 1. The van der Waals surface area contributed by atoms with Crippen molar-refractivity contribution in [1.82, 2.24) is 15.0 Å². The summed E-state index contributed by atoms with van der Waals surface area (Å²) in [5.74, 6) is 1.03. The number of phenols is 1. The van der Waals surface area contributed by atoms with E-state index in [9.17, 15) is 5.11 Å². The maximum atomic E-state index is 9.52. The third kappa shape index (κ3) is 4.07. The lowest BCUT2D eigenvalue weighted by Crippen LogP contribution is -3.00. The van der Waals surface area contributed by atoms with Crippen molar-refractivity contribution >= 4 is 18.1 Å². The Bertz CT molecular complexity index is 569. The molecule has 0 saturated heterocycles. The molecule has 19 heavy (non-hydrogen) atoms. The van der Waals surface area contributed by atoms with Crippen LogP contribution in [0.1, 0.15) is 11.4 Å². The number of aromatic nitrogens is 3. The maximum absolute atomic E-state index is 9.52. The summed E-state index contributed by atoms with van der Waals surface area (Å²) < 4.78 is 0. The van der Waals surface area contributed by atoms with Crippen molar-refractivity contribution in [2.75, 3.05) is 11.2 Å². The number of rotatable bonds is 3. The molecule has 0 aliphatic rings. The van der Waals surface area contributed by atoms with Gasteiger partial charge in [-0.05, 0) is 19.1 Å². The van der Waals surface area contributed by atoms with Gasteiger partial charge in [-0.15, -0.1) is 0 Å². The van der Waals surface area contributed by atoms with Crippen molar-refractivity contribution in [3.05, 3.63) is 35.7 Å². The lowest BCUT2D eigenvalue weighted by Gasteiger charge is -2.01. The first-order valence-corrected chi connectivity index (χ1v) is 5.20. The van der Waals surface area contributed by atoms with E-state index >= 15 is 0 Å². The molecule has 4 N–H and O–H groups in total. The van der Waals surface area contributed by atoms with Gasteiger partial charge >= 0.3 is 0 Å². The highest BCUT2D eigenvalue weighted by atomic mass is 35.5. The van der Waals surface area contributed by atoms with E-state index in [-0.39, 0.29) is 30.1 Å². The number of nitrogens with one attached hydrogen (secondary N) is 1. The number of aromatic hydroxyl groups is 1. The summed E-state index contributed by atoms with van der Waals surface area (Å²) in [4.78, 5) is 11.7. The van der Waals surface area contributed by atoms with Crippen molar-refractivity contribution in [2.24, 2.45) is 5.10 Å². The molecule has 100 valence electrons. The van der Waals surface area contributed by atoms with Gasteiger partial charge < -0.3 is 23.2 Å². The monoisotopic (exact) mass is 279 g/mol. The minimum absolute atomic E-state index is 0. The molecule has 0 unspecified atom stereocenters. The molecule has 0 fully saturated rings. The number of nitrogens with two attached hydrogens (primary N) is 1. The average Bonchev–Trinajstić information content (AvgIpc) is 2.30. The average molecular weight is 280 g/mol. The number of hydrazone groups is 1. The fourth-order valence-corrected chi connectivity index (χ4v) is 1.31. The Morgan fingerprint density at radius 2 is 2.00 bits per heavy atom. The summed E-state index contributed by atoms with van der Waals surface area (Å²) in [5, 5.41) is 13.4. The number of nitrogen functional groups attached to an aromatic ring is 1. The second kappa shape index (κ2) is 6.50. The van der Waals surface area contributed by atoms with E-state index in [2.05, 4.69) is 25.5 Å². The molecule has 2 rings (SSSR count). The second-order valence-electron chi connectivity index (χ2n) is 3.49. The van der Waals surface area contributed by atoms with Gasteiger partial charge in [0.15, 0.2) is 0 Å². The van der Waals surface area contributed by atoms with E-state index in [4.69, 9.17) is 5.73 Å². The van der Waals surface area contributed by atoms with Crippen LogP contribution in [0.15, 0.2) is 29.4 Å². The van der Waals surface area contributed by atoms with E-state index in [1.807, 2.05) is 0 Å². The van der Waals surface area contributed by atoms with E-state index in [0.717, 1.165) is 0 Å². The molecule has 0 amide bonds. The molecule has 1 aromatic carbocycles. The molecule has 0 saturated carbocycles. The fourth-order valence-electron chi connectivity index (χ4n) is 1.31. The molecule has 0 atom stereocenters. The first kappa shape index (κ1) is 14.7. The zero-order valence-electron chi connectivity index (χ0n) is 10.1. The maximum Gasteiger partial charge on any atom is 0.248 e. The highest BCUT2D eigenvalue weighted by Gasteiger charge is 1.99. The number of anilines is 2. The number of aryl methyl sites for hydroxylation is 1. The van der Waals surface area contributed by atoms with Crippen LogP contribution in [0.3, 0.4) is 0 Å². The Hall–Kier alpha value is -2.41. The first-order chi connectivity index (χ1) is 8.65. The van der Waals surface area contributed by atoms with E-state index < -0.39 is 0 Å². The molecular formula is C11H12ClN6O-. The Labute approximate surface area is 116 Å². The Balaban J connectivity index is 0.00000180. The zero-order chi connectivity index (χ0) is 13.0. The van der Waals surface area contributed by atoms with Crippen molar-refractivity contribution in [1.29, 1.82) is 0 Å². The normalized spacial score (nSPS) is 10.2. The largest absolute Gasteiger partial charge is 1.00 e. The van der Waals surface area contributed by atoms with E-state index in [1.54, 1.807) is 31.2 Å². The molecule has 0 bridgehead atoms. The van der Waals surface area contributed by atoms with Gasteiger partial charge in [0, 0.05) is 5.56 Å². The molecule has 1 aromatic heterocycles. The third-order valence-corrected chi connectivity index (χ3v) is 2.07. The fraction of sp³-hybridized carbons (Fsp3) is 0.0909. The highest BCUT2D eigenvalue weighted by molar-refractivity contribution is 5.83. The Morgan fingerprint density at radius 3 is 2.68 bits per heavy atom. The lowest BCUT2D eigenvalue weighted by atomic mass is 10.2. The lowest BCUT2D eigenvalue weighted by molar-refractivity contribution is -0.00000517. The molecule has 2 aromatic rings.